The molecule has 1 N–H and O–H groups in total. The van der Waals surface area contributed by atoms with Gasteiger partial charge in [0.25, 0.3) is 0 Å². The van der Waals surface area contributed by atoms with Crippen LogP contribution in [0.2, 0.25) is 0 Å². The summed E-state index contributed by atoms with van der Waals surface area (Å²) in [5.74, 6) is 1.60. The first kappa shape index (κ1) is 12.9. The zero-order chi connectivity index (χ0) is 13.6. The van der Waals surface area contributed by atoms with Crippen molar-refractivity contribution in [2.24, 2.45) is 11.8 Å². The third kappa shape index (κ3) is 1.93. The summed E-state index contributed by atoms with van der Waals surface area (Å²) in [7, 11) is 0. The SMILES string of the molecule is CC(C)[C@]1(O)CN(c2ncnc3c2CCC3)C[C@H]1C. The van der Waals surface area contributed by atoms with Crippen LogP contribution in [0, 0.1) is 11.8 Å². The molecule has 0 unspecified atom stereocenters. The van der Waals surface area contributed by atoms with Crippen molar-refractivity contribution >= 4 is 5.82 Å². The Morgan fingerprint density at radius 2 is 2.16 bits per heavy atom. The molecule has 19 heavy (non-hydrogen) atoms. The predicted molar refractivity (Wildman–Crippen MR) is 75.2 cm³/mol. The monoisotopic (exact) mass is 261 g/mol. The van der Waals surface area contributed by atoms with E-state index < -0.39 is 5.60 Å². The second-order valence-electron chi connectivity index (χ2n) is 6.40. The average Bonchev–Trinajstić information content (AvgIpc) is 2.95. The molecule has 0 bridgehead atoms. The predicted octanol–water partition coefficient (Wildman–Crippen LogP) is 1.81. The summed E-state index contributed by atoms with van der Waals surface area (Å²) in [6.07, 6.45) is 5.01. The van der Waals surface area contributed by atoms with Crippen molar-refractivity contribution < 1.29 is 5.11 Å². The molecule has 104 valence electrons. The summed E-state index contributed by atoms with van der Waals surface area (Å²) < 4.78 is 0. The molecule has 0 aromatic carbocycles. The van der Waals surface area contributed by atoms with Crippen molar-refractivity contribution in [1.29, 1.82) is 0 Å². The molecule has 1 aromatic heterocycles. The lowest BCUT2D eigenvalue weighted by atomic mass is 9.82. The Bertz CT molecular complexity index is 488. The number of aliphatic hydroxyl groups is 1. The van der Waals surface area contributed by atoms with Gasteiger partial charge in [-0.2, -0.15) is 0 Å². The molecule has 1 fully saturated rings. The number of aryl methyl sites for hydroxylation is 1. The van der Waals surface area contributed by atoms with E-state index in [1.165, 1.54) is 17.7 Å². The summed E-state index contributed by atoms with van der Waals surface area (Å²) >= 11 is 0. The average molecular weight is 261 g/mol. The van der Waals surface area contributed by atoms with E-state index in [0.717, 1.165) is 25.2 Å². The van der Waals surface area contributed by atoms with Crippen LogP contribution in [0.5, 0.6) is 0 Å². The van der Waals surface area contributed by atoms with Crippen LogP contribution < -0.4 is 4.90 Å². The molecule has 4 nitrogen and oxygen atoms in total. The van der Waals surface area contributed by atoms with Gasteiger partial charge in [-0.05, 0) is 25.2 Å². The Kier molecular flexibility index (Phi) is 3.01. The molecular formula is C15H23N3O. The van der Waals surface area contributed by atoms with Crippen LogP contribution in [0.25, 0.3) is 0 Å². The summed E-state index contributed by atoms with van der Waals surface area (Å²) in [6.45, 7) is 7.92. The van der Waals surface area contributed by atoms with Crippen LogP contribution >= 0.6 is 0 Å². The topological polar surface area (TPSA) is 49.2 Å². The number of fused-ring (bicyclic) bond motifs is 1. The molecule has 2 heterocycles. The molecule has 4 heteroatoms. The Morgan fingerprint density at radius 3 is 2.84 bits per heavy atom. The van der Waals surface area contributed by atoms with Crippen molar-refractivity contribution in [3.8, 4) is 0 Å². The van der Waals surface area contributed by atoms with E-state index in [9.17, 15) is 5.11 Å². The van der Waals surface area contributed by atoms with Gasteiger partial charge in [-0.25, -0.2) is 9.97 Å². The van der Waals surface area contributed by atoms with Gasteiger partial charge in [0, 0.05) is 30.3 Å². The van der Waals surface area contributed by atoms with E-state index in [1.54, 1.807) is 6.33 Å². The summed E-state index contributed by atoms with van der Waals surface area (Å²) in [6, 6.07) is 0. The molecule has 3 rings (SSSR count). The minimum Gasteiger partial charge on any atom is -0.387 e. The van der Waals surface area contributed by atoms with Crippen LogP contribution in [0.1, 0.15) is 38.4 Å². The Morgan fingerprint density at radius 1 is 1.37 bits per heavy atom. The molecule has 1 aliphatic heterocycles. The number of nitrogens with zero attached hydrogens (tertiary/aromatic N) is 3. The molecule has 0 amide bonds. The molecule has 1 aliphatic carbocycles. The highest BCUT2D eigenvalue weighted by Gasteiger charge is 2.45. The third-order valence-corrected chi connectivity index (χ3v) is 4.94. The lowest BCUT2D eigenvalue weighted by molar-refractivity contribution is -0.0187. The fourth-order valence-corrected chi connectivity index (χ4v) is 3.54. The highest BCUT2D eigenvalue weighted by molar-refractivity contribution is 5.52. The largest absolute Gasteiger partial charge is 0.387 e. The van der Waals surface area contributed by atoms with Crippen LogP contribution in [-0.4, -0.2) is 33.8 Å². The maximum Gasteiger partial charge on any atom is 0.135 e. The van der Waals surface area contributed by atoms with Crippen molar-refractivity contribution in [1.82, 2.24) is 9.97 Å². The van der Waals surface area contributed by atoms with Gasteiger partial charge in [0.1, 0.15) is 12.1 Å². The van der Waals surface area contributed by atoms with Crippen molar-refractivity contribution in [3.05, 3.63) is 17.6 Å². The minimum absolute atomic E-state index is 0.266. The quantitative estimate of drug-likeness (QED) is 0.882. The molecule has 0 saturated carbocycles. The highest BCUT2D eigenvalue weighted by atomic mass is 16.3. The fourth-order valence-electron chi connectivity index (χ4n) is 3.54. The summed E-state index contributed by atoms with van der Waals surface area (Å²) in [5, 5.41) is 10.8. The maximum absolute atomic E-state index is 10.8. The van der Waals surface area contributed by atoms with Gasteiger partial charge in [0.15, 0.2) is 0 Å². The van der Waals surface area contributed by atoms with Crippen molar-refractivity contribution in [2.45, 2.75) is 45.6 Å². The minimum atomic E-state index is -0.601. The lowest BCUT2D eigenvalue weighted by Crippen LogP contribution is -2.42. The van der Waals surface area contributed by atoms with Gasteiger partial charge in [0.2, 0.25) is 0 Å². The summed E-state index contributed by atoms with van der Waals surface area (Å²) in [4.78, 5) is 11.1. The Balaban J connectivity index is 1.92. The van der Waals surface area contributed by atoms with E-state index in [2.05, 4.69) is 35.6 Å². The lowest BCUT2D eigenvalue weighted by Gasteiger charge is -2.31. The van der Waals surface area contributed by atoms with Gasteiger partial charge in [-0.3, -0.25) is 0 Å². The second-order valence-corrected chi connectivity index (χ2v) is 6.40. The molecule has 0 radical (unpaired) electrons. The van der Waals surface area contributed by atoms with E-state index in [0.29, 0.717) is 6.54 Å². The first-order chi connectivity index (χ1) is 9.02. The number of hydrogen-bond acceptors (Lipinski definition) is 4. The van der Waals surface area contributed by atoms with Gasteiger partial charge in [0.05, 0.1) is 5.60 Å². The fraction of sp³-hybridized carbons (Fsp3) is 0.733. The van der Waals surface area contributed by atoms with Crippen LogP contribution in [0.3, 0.4) is 0 Å². The van der Waals surface area contributed by atoms with Crippen LogP contribution in [0.15, 0.2) is 6.33 Å². The number of hydrogen-bond donors (Lipinski definition) is 1. The Labute approximate surface area is 114 Å². The van der Waals surface area contributed by atoms with Crippen molar-refractivity contribution in [3.63, 3.8) is 0 Å². The number of rotatable bonds is 2. The number of anilines is 1. The molecule has 1 aromatic rings. The first-order valence-corrected chi connectivity index (χ1v) is 7.32. The third-order valence-electron chi connectivity index (χ3n) is 4.94. The van der Waals surface area contributed by atoms with Crippen LogP contribution in [-0.2, 0) is 12.8 Å². The molecule has 2 atom stereocenters. The normalized spacial score (nSPS) is 30.2. The van der Waals surface area contributed by atoms with E-state index in [1.807, 2.05) is 0 Å². The van der Waals surface area contributed by atoms with Crippen LogP contribution in [0.4, 0.5) is 5.82 Å². The first-order valence-electron chi connectivity index (χ1n) is 7.32. The standard InChI is InChI=1S/C15H23N3O/c1-10(2)15(19)8-18(7-11(15)3)14-12-5-4-6-13(12)16-9-17-14/h9-11,19H,4-8H2,1-3H3/t11-,15-/m1/s1. The molecule has 0 spiro atoms. The van der Waals surface area contributed by atoms with Gasteiger partial charge < -0.3 is 10.0 Å². The van der Waals surface area contributed by atoms with Gasteiger partial charge >= 0.3 is 0 Å². The second kappa shape index (κ2) is 4.44. The zero-order valence-corrected chi connectivity index (χ0v) is 12.1. The number of aromatic nitrogens is 2. The smallest absolute Gasteiger partial charge is 0.135 e. The summed E-state index contributed by atoms with van der Waals surface area (Å²) in [5.41, 5.74) is 1.91. The van der Waals surface area contributed by atoms with E-state index in [4.69, 9.17) is 0 Å². The van der Waals surface area contributed by atoms with E-state index in [-0.39, 0.29) is 11.8 Å². The molecular weight excluding hydrogens is 238 g/mol. The highest BCUT2D eigenvalue weighted by Crippen LogP contribution is 2.38. The molecule has 1 saturated heterocycles. The molecule has 2 aliphatic rings. The van der Waals surface area contributed by atoms with Gasteiger partial charge in [-0.1, -0.05) is 20.8 Å². The maximum atomic E-state index is 10.8. The zero-order valence-electron chi connectivity index (χ0n) is 12.1. The van der Waals surface area contributed by atoms with Gasteiger partial charge in [-0.15, -0.1) is 0 Å². The van der Waals surface area contributed by atoms with Crippen molar-refractivity contribution in [2.75, 3.05) is 18.0 Å². The number of β-amino-alcohol motifs (C(OH)–C–C–N with tert-alkyl or cyclic N) is 1. The Hall–Kier alpha value is -1.16. The van der Waals surface area contributed by atoms with E-state index >= 15 is 0 Å².